The van der Waals surface area contributed by atoms with Gasteiger partial charge in [-0.3, -0.25) is 10.1 Å². The number of hydrogen-bond acceptors (Lipinski definition) is 6. The number of aliphatic hydroxyl groups is 1. The molecular weight excluding hydrogens is 314 g/mol. The van der Waals surface area contributed by atoms with Crippen LogP contribution in [0.2, 0.25) is 0 Å². The summed E-state index contributed by atoms with van der Waals surface area (Å²) in [5, 5.41) is 24.9. The summed E-state index contributed by atoms with van der Waals surface area (Å²) in [4.78, 5) is 17.0. The average Bonchev–Trinajstić information content (AvgIpc) is 3.06. The van der Waals surface area contributed by atoms with Gasteiger partial charge in [-0.25, -0.2) is 4.98 Å². The number of benzene rings is 1. The number of aromatic nitrogens is 1. The van der Waals surface area contributed by atoms with Crippen molar-refractivity contribution in [1.29, 1.82) is 0 Å². The van der Waals surface area contributed by atoms with Gasteiger partial charge in [-0.15, -0.1) is 0 Å². The van der Waals surface area contributed by atoms with Crippen molar-refractivity contribution in [3.8, 4) is 0 Å². The number of thiophene rings is 1. The number of aliphatic hydroxyl groups excluding tert-OH is 1. The molecule has 0 saturated carbocycles. The molecule has 1 aromatic carbocycles. The summed E-state index contributed by atoms with van der Waals surface area (Å²) in [5.41, 5.74) is 1.91. The van der Waals surface area contributed by atoms with Crippen molar-refractivity contribution >= 4 is 33.7 Å². The van der Waals surface area contributed by atoms with E-state index in [4.69, 9.17) is 0 Å². The zero-order valence-electron chi connectivity index (χ0n) is 12.3. The number of non-ortho nitro benzene ring substituents is 1. The Labute approximate surface area is 136 Å². The molecule has 0 radical (unpaired) electrons. The Kier molecular flexibility index (Phi) is 4.50. The van der Waals surface area contributed by atoms with Crippen molar-refractivity contribution in [2.45, 2.75) is 6.54 Å². The number of nitro groups is 1. The third-order valence-electron chi connectivity index (χ3n) is 3.52. The van der Waals surface area contributed by atoms with E-state index in [9.17, 15) is 15.2 Å². The van der Waals surface area contributed by atoms with Crippen molar-refractivity contribution in [2.75, 3.05) is 18.1 Å². The molecule has 0 bridgehead atoms. The van der Waals surface area contributed by atoms with Crippen LogP contribution >= 0.6 is 11.3 Å². The first-order valence-corrected chi connectivity index (χ1v) is 8.04. The molecule has 0 aliphatic heterocycles. The second kappa shape index (κ2) is 6.72. The van der Waals surface area contributed by atoms with E-state index in [1.165, 1.54) is 12.1 Å². The Morgan fingerprint density at radius 1 is 1.26 bits per heavy atom. The largest absolute Gasteiger partial charge is 0.395 e. The lowest BCUT2D eigenvalue weighted by Gasteiger charge is -2.22. The fraction of sp³-hybridized carbons (Fsp3) is 0.188. The number of fused-ring (bicyclic) bond motifs is 1. The molecule has 7 heteroatoms. The molecule has 0 amide bonds. The van der Waals surface area contributed by atoms with Gasteiger partial charge < -0.3 is 10.0 Å². The van der Waals surface area contributed by atoms with Crippen molar-refractivity contribution in [3.05, 3.63) is 62.8 Å². The van der Waals surface area contributed by atoms with Gasteiger partial charge in [0.2, 0.25) is 0 Å². The molecule has 23 heavy (non-hydrogen) atoms. The Hall–Kier alpha value is -2.51. The van der Waals surface area contributed by atoms with Crippen LogP contribution in [-0.4, -0.2) is 28.2 Å². The molecule has 0 aliphatic rings. The molecule has 0 atom stereocenters. The van der Waals surface area contributed by atoms with E-state index >= 15 is 0 Å². The average molecular weight is 329 g/mol. The second-order valence-electron chi connectivity index (χ2n) is 5.08. The van der Waals surface area contributed by atoms with Gasteiger partial charge in [0.15, 0.2) is 0 Å². The van der Waals surface area contributed by atoms with Crippen LogP contribution in [0.4, 0.5) is 11.5 Å². The van der Waals surface area contributed by atoms with Gasteiger partial charge in [0.25, 0.3) is 5.69 Å². The minimum atomic E-state index is -0.415. The molecule has 0 fully saturated rings. The van der Waals surface area contributed by atoms with E-state index in [2.05, 4.69) is 10.4 Å². The topological polar surface area (TPSA) is 79.5 Å². The Balaban J connectivity index is 1.93. The van der Waals surface area contributed by atoms with E-state index in [0.29, 0.717) is 18.6 Å². The van der Waals surface area contributed by atoms with E-state index in [0.717, 1.165) is 16.8 Å². The third-order valence-corrected chi connectivity index (χ3v) is 4.25. The molecule has 2 heterocycles. The highest BCUT2D eigenvalue weighted by Gasteiger charge is 2.11. The van der Waals surface area contributed by atoms with Crippen LogP contribution in [-0.2, 0) is 6.54 Å². The van der Waals surface area contributed by atoms with Crippen molar-refractivity contribution < 1.29 is 10.0 Å². The summed E-state index contributed by atoms with van der Waals surface area (Å²) >= 11 is 1.63. The molecule has 0 aliphatic carbocycles. The predicted molar refractivity (Wildman–Crippen MR) is 90.9 cm³/mol. The standard InChI is InChI=1S/C16H15N3O3S/c20-7-6-18(10-12-5-8-23-11-12)16-4-1-13-9-14(19(21)22)2-3-15(13)17-16/h1-5,8-9,11,20H,6-7,10H2. The van der Waals surface area contributed by atoms with E-state index < -0.39 is 4.92 Å². The van der Waals surface area contributed by atoms with Crippen molar-refractivity contribution in [1.82, 2.24) is 4.98 Å². The molecule has 3 rings (SSSR count). The maximum absolute atomic E-state index is 10.8. The number of pyridine rings is 1. The van der Waals surface area contributed by atoms with Gasteiger partial charge in [0.05, 0.1) is 17.0 Å². The van der Waals surface area contributed by atoms with Crippen LogP contribution in [0, 0.1) is 10.1 Å². The van der Waals surface area contributed by atoms with Gasteiger partial charge in [0, 0.05) is 30.6 Å². The first-order valence-electron chi connectivity index (χ1n) is 7.09. The van der Waals surface area contributed by atoms with Crippen LogP contribution in [0.5, 0.6) is 0 Å². The van der Waals surface area contributed by atoms with E-state index in [1.54, 1.807) is 17.4 Å². The van der Waals surface area contributed by atoms with Gasteiger partial charge in [-0.05, 0) is 40.6 Å². The van der Waals surface area contributed by atoms with Gasteiger partial charge >= 0.3 is 0 Å². The minimum Gasteiger partial charge on any atom is -0.395 e. The fourth-order valence-electron chi connectivity index (χ4n) is 2.39. The summed E-state index contributed by atoms with van der Waals surface area (Å²) in [6.07, 6.45) is 0. The monoisotopic (exact) mass is 329 g/mol. The van der Waals surface area contributed by atoms with E-state index in [1.807, 2.05) is 28.5 Å². The first-order chi connectivity index (χ1) is 11.2. The SMILES string of the molecule is O=[N+]([O-])c1ccc2nc(N(CCO)Cc3ccsc3)ccc2c1. The maximum atomic E-state index is 10.8. The molecule has 0 unspecified atom stereocenters. The Morgan fingerprint density at radius 2 is 2.13 bits per heavy atom. The Morgan fingerprint density at radius 3 is 2.83 bits per heavy atom. The molecule has 2 aromatic heterocycles. The normalized spacial score (nSPS) is 10.8. The number of nitrogens with zero attached hydrogens (tertiary/aromatic N) is 3. The predicted octanol–water partition coefficient (Wildman–Crippen LogP) is 3.20. The van der Waals surface area contributed by atoms with Crippen LogP contribution in [0.1, 0.15) is 5.56 Å². The van der Waals surface area contributed by atoms with Crippen molar-refractivity contribution in [2.24, 2.45) is 0 Å². The first kappa shape index (κ1) is 15.4. The summed E-state index contributed by atoms with van der Waals surface area (Å²) < 4.78 is 0. The van der Waals surface area contributed by atoms with Crippen LogP contribution < -0.4 is 4.90 Å². The number of rotatable bonds is 6. The number of hydrogen-bond donors (Lipinski definition) is 1. The Bertz CT molecular complexity index is 821. The van der Waals surface area contributed by atoms with Crippen LogP contribution in [0.3, 0.4) is 0 Å². The second-order valence-corrected chi connectivity index (χ2v) is 5.86. The molecule has 0 saturated heterocycles. The molecular formula is C16H15N3O3S. The smallest absolute Gasteiger partial charge is 0.270 e. The highest BCUT2D eigenvalue weighted by Crippen LogP contribution is 2.23. The zero-order valence-corrected chi connectivity index (χ0v) is 13.1. The van der Waals surface area contributed by atoms with Gasteiger partial charge in [-0.2, -0.15) is 11.3 Å². The maximum Gasteiger partial charge on any atom is 0.270 e. The van der Waals surface area contributed by atoms with Gasteiger partial charge in [-0.1, -0.05) is 0 Å². The lowest BCUT2D eigenvalue weighted by Crippen LogP contribution is -2.26. The summed E-state index contributed by atoms with van der Waals surface area (Å²) in [7, 11) is 0. The molecule has 3 aromatic rings. The molecule has 118 valence electrons. The molecule has 6 nitrogen and oxygen atoms in total. The number of anilines is 1. The van der Waals surface area contributed by atoms with Gasteiger partial charge in [0.1, 0.15) is 5.82 Å². The van der Waals surface area contributed by atoms with Crippen LogP contribution in [0.15, 0.2) is 47.2 Å². The van der Waals surface area contributed by atoms with Crippen LogP contribution in [0.25, 0.3) is 10.9 Å². The fourth-order valence-corrected chi connectivity index (χ4v) is 3.05. The zero-order chi connectivity index (χ0) is 16.2. The lowest BCUT2D eigenvalue weighted by molar-refractivity contribution is -0.384. The quantitative estimate of drug-likeness (QED) is 0.555. The molecule has 1 N–H and O–H groups in total. The minimum absolute atomic E-state index is 0.0319. The molecule has 0 spiro atoms. The van der Waals surface area contributed by atoms with E-state index in [-0.39, 0.29) is 12.3 Å². The summed E-state index contributed by atoms with van der Waals surface area (Å²) in [5.74, 6) is 0.742. The summed E-state index contributed by atoms with van der Waals surface area (Å²) in [6.45, 7) is 1.17. The number of nitro benzene ring substituents is 1. The van der Waals surface area contributed by atoms with Crippen molar-refractivity contribution in [3.63, 3.8) is 0 Å². The third kappa shape index (κ3) is 3.46. The lowest BCUT2D eigenvalue weighted by atomic mass is 10.2. The highest BCUT2D eigenvalue weighted by molar-refractivity contribution is 7.07. The summed E-state index contributed by atoms with van der Waals surface area (Å²) in [6, 6.07) is 10.3. The highest BCUT2D eigenvalue weighted by atomic mass is 32.1.